The van der Waals surface area contributed by atoms with E-state index in [9.17, 15) is 4.79 Å². The maximum Gasteiger partial charge on any atom is 0.143 e. The predicted molar refractivity (Wildman–Crippen MR) is 66.3 cm³/mol. The van der Waals surface area contributed by atoms with E-state index in [4.69, 9.17) is 0 Å². The number of hydrogen-bond acceptors (Lipinski definition) is 2. The minimum Gasteiger partial charge on any atom is -0.316 e. The summed E-state index contributed by atoms with van der Waals surface area (Å²) < 4.78 is 0. The first kappa shape index (κ1) is 12.1. The molecule has 0 aromatic heterocycles. The summed E-state index contributed by atoms with van der Waals surface area (Å²) in [5.74, 6) is 1.78. The van der Waals surface area contributed by atoms with Crippen molar-refractivity contribution in [2.45, 2.75) is 52.4 Å². The fourth-order valence-corrected chi connectivity index (χ4v) is 3.39. The second-order valence-electron chi connectivity index (χ2n) is 5.88. The molecule has 0 aromatic carbocycles. The van der Waals surface area contributed by atoms with Crippen LogP contribution in [0.25, 0.3) is 0 Å². The maximum absolute atomic E-state index is 12.6. The fraction of sp³-hybridized carbons (Fsp3) is 0.929. The van der Waals surface area contributed by atoms with Crippen LogP contribution in [-0.4, -0.2) is 18.9 Å². The van der Waals surface area contributed by atoms with E-state index in [2.05, 4.69) is 19.2 Å². The third-order valence-electron chi connectivity index (χ3n) is 4.83. The highest BCUT2D eigenvalue weighted by molar-refractivity contribution is 5.87. The number of Topliss-reactive ketones (excluding diaryl/α,β-unsaturated/α-hetero) is 1. The number of carbonyl (C=O) groups is 1. The Morgan fingerprint density at radius 3 is 2.50 bits per heavy atom. The minimum absolute atomic E-state index is 0.00869. The number of hydrogen-bond donors (Lipinski definition) is 1. The van der Waals surface area contributed by atoms with Crippen LogP contribution < -0.4 is 5.32 Å². The topological polar surface area (TPSA) is 29.1 Å². The van der Waals surface area contributed by atoms with Crippen LogP contribution in [0.2, 0.25) is 0 Å². The van der Waals surface area contributed by atoms with Crippen LogP contribution in [0.1, 0.15) is 52.4 Å². The average Bonchev–Trinajstić information content (AvgIpc) is 2.79. The van der Waals surface area contributed by atoms with E-state index in [1.54, 1.807) is 0 Å². The van der Waals surface area contributed by atoms with Crippen molar-refractivity contribution in [3.05, 3.63) is 0 Å². The predicted octanol–water partition coefficient (Wildman–Crippen LogP) is 2.77. The van der Waals surface area contributed by atoms with Crippen molar-refractivity contribution >= 4 is 5.78 Å². The summed E-state index contributed by atoms with van der Waals surface area (Å²) in [6, 6.07) is 0. The van der Waals surface area contributed by atoms with Crippen molar-refractivity contribution in [3.8, 4) is 0 Å². The van der Waals surface area contributed by atoms with E-state index in [1.165, 1.54) is 12.8 Å². The first-order chi connectivity index (χ1) is 7.68. The fourth-order valence-electron chi connectivity index (χ4n) is 3.39. The summed E-state index contributed by atoms with van der Waals surface area (Å²) in [7, 11) is 0. The first-order valence-corrected chi connectivity index (χ1v) is 6.93. The molecule has 1 saturated carbocycles. The van der Waals surface area contributed by atoms with Crippen molar-refractivity contribution in [1.29, 1.82) is 0 Å². The van der Waals surface area contributed by atoms with Crippen molar-refractivity contribution in [3.63, 3.8) is 0 Å². The highest BCUT2D eigenvalue weighted by Crippen LogP contribution is 2.38. The van der Waals surface area contributed by atoms with Crippen LogP contribution in [0.4, 0.5) is 0 Å². The van der Waals surface area contributed by atoms with E-state index in [-0.39, 0.29) is 5.41 Å². The third kappa shape index (κ3) is 2.17. The molecule has 0 aromatic rings. The van der Waals surface area contributed by atoms with Crippen LogP contribution >= 0.6 is 0 Å². The number of rotatable bonds is 3. The van der Waals surface area contributed by atoms with E-state index in [0.29, 0.717) is 11.7 Å². The zero-order valence-corrected chi connectivity index (χ0v) is 10.7. The van der Waals surface area contributed by atoms with Crippen LogP contribution in [0, 0.1) is 17.3 Å². The SMILES string of the molecule is CCC1(C(=O)C2CCC(C)CC2)CCNC1. The second-order valence-corrected chi connectivity index (χ2v) is 5.88. The summed E-state index contributed by atoms with van der Waals surface area (Å²) in [5.41, 5.74) is -0.00869. The van der Waals surface area contributed by atoms with Gasteiger partial charge in [0.25, 0.3) is 0 Å². The Balaban J connectivity index is 2.00. The van der Waals surface area contributed by atoms with Crippen LogP contribution in [0.15, 0.2) is 0 Å². The average molecular weight is 223 g/mol. The Hall–Kier alpha value is -0.370. The first-order valence-electron chi connectivity index (χ1n) is 6.93. The molecule has 0 radical (unpaired) electrons. The van der Waals surface area contributed by atoms with Crippen LogP contribution in [0.3, 0.4) is 0 Å². The van der Waals surface area contributed by atoms with Crippen LogP contribution in [-0.2, 0) is 4.79 Å². The maximum atomic E-state index is 12.6. The highest BCUT2D eigenvalue weighted by atomic mass is 16.1. The van der Waals surface area contributed by atoms with E-state index in [1.807, 2.05) is 0 Å². The van der Waals surface area contributed by atoms with Crippen molar-refractivity contribution in [1.82, 2.24) is 5.32 Å². The number of ketones is 1. The van der Waals surface area contributed by atoms with E-state index < -0.39 is 0 Å². The van der Waals surface area contributed by atoms with Gasteiger partial charge < -0.3 is 5.32 Å². The minimum atomic E-state index is -0.00869. The Labute approximate surface area is 99.2 Å². The monoisotopic (exact) mass is 223 g/mol. The van der Waals surface area contributed by atoms with Gasteiger partial charge in [0.15, 0.2) is 0 Å². The lowest BCUT2D eigenvalue weighted by Crippen LogP contribution is -2.38. The summed E-state index contributed by atoms with van der Waals surface area (Å²) in [6.07, 6.45) is 6.87. The molecule has 1 atom stereocenters. The molecule has 1 aliphatic heterocycles. The van der Waals surface area contributed by atoms with Crippen molar-refractivity contribution in [2.24, 2.45) is 17.3 Å². The molecule has 2 heteroatoms. The van der Waals surface area contributed by atoms with Gasteiger partial charge in [0.05, 0.1) is 0 Å². The second kappa shape index (κ2) is 4.87. The van der Waals surface area contributed by atoms with E-state index >= 15 is 0 Å². The molecule has 92 valence electrons. The summed E-state index contributed by atoms with van der Waals surface area (Å²) in [5, 5.41) is 3.37. The van der Waals surface area contributed by atoms with Gasteiger partial charge in [-0.05, 0) is 38.1 Å². The Morgan fingerprint density at radius 2 is 2.00 bits per heavy atom. The molecule has 1 unspecified atom stereocenters. The smallest absolute Gasteiger partial charge is 0.143 e. The van der Waals surface area contributed by atoms with Gasteiger partial charge in [-0.1, -0.05) is 26.7 Å². The van der Waals surface area contributed by atoms with Crippen molar-refractivity contribution in [2.75, 3.05) is 13.1 Å². The zero-order valence-electron chi connectivity index (χ0n) is 10.7. The largest absolute Gasteiger partial charge is 0.316 e. The molecule has 2 aliphatic rings. The molecule has 1 heterocycles. The highest BCUT2D eigenvalue weighted by Gasteiger charge is 2.42. The number of nitrogens with one attached hydrogen (secondary N) is 1. The molecule has 0 bridgehead atoms. The lowest BCUT2D eigenvalue weighted by molar-refractivity contribution is -0.133. The summed E-state index contributed by atoms with van der Waals surface area (Å²) in [4.78, 5) is 12.6. The Bertz CT molecular complexity index is 247. The molecule has 2 fully saturated rings. The standard InChI is InChI=1S/C14H25NO/c1-3-14(8-9-15-10-14)13(16)12-6-4-11(2)5-7-12/h11-12,15H,3-10H2,1-2H3. The molecule has 1 N–H and O–H groups in total. The number of carbonyl (C=O) groups excluding carboxylic acids is 1. The molecule has 16 heavy (non-hydrogen) atoms. The van der Waals surface area contributed by atoms with Gasteiger partial charge in [0.1, 0.15) is 5.78 Å². The molecular formula is C14H25NO. The molecule has 0 spiro atoms. The summed E-state index contributed by atoms with van der Waals surface area (Å²) in [6.45, 7) is 6.45. The molecule has 0 amide bonds. The molecule has 2 rings (SSSR count). The zero-order chi connectivity index (χ0) is 11.6. The molecular weight excluding hydrogens is 198 g/mol. The summed E-state index contributed by atoms with van der Waals surface area (Å²) >= 11 is 0. The van der Waals surface area contributed by atoms with Gasteiger partial charge in [-0.3, -0.25) is 4.79 Å². The van der Waals surface area contributed by atoms with Gasteiger partial charge in [-0.25, -0.2) is 0 Å². The van der Waals surface area contributed by atoms with Gasteiger partial charge >= 0.3 is 0 Å². The Kier molecular flexibility index (Phi) is 3.68. The van der Waals surface area contributed by atoms with Crippen LogP contribution in [0.5, 0.6) is 0 Å². The Morgan fingerprint density at radius 1 is 1.31 bits per heavy atom. The molecule has 1 aliphatic carbocycles. The van der Waals surface area contributed by atoms with Gasteiger partial charge in [0, 0.05) is 17.9 Å². The molecule has 1 saturated heterocycles. The van der Waals surface area contributed by atoms with Gasteiger partial charge in [0.2, 0.25) is 0 Å². The van der Waals surface area contributed by atoms with E-state index in [0.717, 1.165) is 44.7 Å². The van der Waals surface area contributed by atoms with Gasteiger partial charge in [-0.2, -0.15) is 0 Å². The lowest BCUT2D eigenvalue weighted by atomic mass is 9.70. The lowest BCUT2D eigenvalue weighted by Gasteiger charge is -2.33. The quantitative estimate of drug-likeness (QED) is 0.797. The normalized spacial score (nSPS) is 39.9. The molecule has 2 nitrogen and oxygen atoms in total. The van der Waals surface area contributed by atoms with Gasteiger partial charge in [-0.15, -0.1) is 0 Å². The third-order valence-corrected chi connectivity index (χ3v) is 4.83. The van der Waals surface area contributed by atoms with Crippen molar-refractivity contribution < 1.29 is 4.79 Å².